The predicted molar refractivity (Wildman–Crippen MR) is 69.7 cm³/mol. The Kier molecular flexibility index (Phi) is 3.01. The molecule has 0 aliphatic heterocycles. The van der Waals surface area contributed by atoms with Gasteiger partial charge >= 0.3 is 0 Å². The van der Waals surface area contributed by atoms with Gasteiger partial charge in [-0.3, -0.25) is 4.79 Å². The largest absolute Gasteiger partial charge is 0.348 e. The first kappa shape index (κ1) is 12.9. The maximum absolute atomic E-state index is 11.7. The van der Waals surface area contributed by atoms with Crippen molar-refractivity contribution in [1.82, 2.24) is 10.2 Å². The molecule has 98 valence electrons. The van der Waals surface area contributed by atoms with Crippen LogP contribution in [0.15, 0.2) is 0 Å². The maximum Gasteiger partial charge on any atom is 0.236 e. The summed E-state index contributed by atoms with van der Waals surface area (Å²) in [6.07, 6.45) is 4.01. The second-order valence-electron chi connectivity index (χ2n) is 7.02. The van der Waals surface area contributed by atoms with Crippen LogP contribution >= 0.6 is 0 Å². The topological polar surface area (TPSA) is 32.3 Å². The smallest absolute Gasteiger partial charge is 0.236 e. The first-order valence-corrected chi connectivity index (χ1v) is 6.71. The molecule has 2 fully saturated rings. The van der Waals surface area contributed by atoms with Crippen molar-refractivity contribution in [3.05, 3.63) is 0 Å². The Morgan fingerprint density at radius 1 is 1.35 bits per heavy atom. The first-order valence-electron chi connectivity index (χ1n) is 6.71. The van der Waals surface area contributed by atoms with Crippen LogP contribution in [0.2, 0.25) is 0 Å². The van der Waals surface area contributed by atoms with Crippen molar-refractivity contribution >= 4 is 5.91 Å². The minimum atomic E-state index is 0.173. The van der Waals surface area contributed by atoms with Crippen LogP contribution in [0.1, 0.15) is 40.0 Å². The van der Waals surface area contributed by atoms with Crippen molar-refractivity contribution in [3.8, 4) is 0 Å². The number of nitrogens with one attached hydrogen (secondary N) is 1. The lowest BCUT2D eigenvalue weighted by Crippen LogP contribution is -2.52. The van der Waals surface area contributed by atoms with E-state index in [2.05, 4.69) is 26.1 Å². The highest BCUT2D eigenvalue weighted by molar-refractivity contribution is 5.77. The van der Waals surface area contributed by atoms with Gasteiger partial charge in [-0.2, -0.15) is 0 Å². The van der Waals surface area contributed by atoms with Crippen LogP contribution in [0, 0.1) is 16.7 Å². The van der Waals surface area contributed by atoms with Crippen LogP contribution in [0.25, 0.3) is 0 Å². The highest BCUT2D eigenvalue weighted by Gasteiger charge is 2.58. The van der Waals surface area contributed by atoms with Gasteiger partial charge in [0.2, 0.25) is 5.91 Å². The van der Waals surface area contributed by atoms with E-state index in [1.165, 1.54) is 19.3 Å². The Bertz CT molecular complexity index is 319. The zero-order valence-corrected chi connectivity index (χ0v) is 11.8. The fourth-order valence-electron chi connectivity index (χ4n) is 4.16. The average molecular weight is 238 g/mol. The summed E-state index contributed by atoms with van der Waals surface area (Å²) in [6.45, 7) is 7.59. The second kappa shape index (κ2) is 3.98. The molecule has 0 radical (unpaired) electrons. The fraction of sp³-hybridized carbons (Fsp3) is 0.929. The molecule has 17 heavy (non-hydrogen) atoms. The minimum absolute atomic E-state index is 0.173. The van der Waals surface area contributed by atoms with Gasteiger partial charge in [0.15, 0.2) is 0 Å². The molecular formula is C14H26N2O. The molecule has 0 spiro atoms. The lowest BCUT2D eigenvalue weighted by molar-refractivity contribution is -0.128. The molecular weight excluding hydrogens is 212 g/mol. The molecule has 2 aliphatic rings. The summed E-state index contributed by atoms with van der Waals surface area (Å²) in [5.41, 5.74) is 0.736. The number of carbonyl (C=O) groups excluding carboxylic acids is 1. The zero-order valence-electron chi connectivity index (χ0n) is 11.8. The van der Waals surface area contributed by atoms with Crippen LogP contribution in [0.5, 0.6) is 0 Å². The molecule has 0 heterocycles. The highest BCUT2D eigenvalue weighted by Crippen LogP contribution is 2.62. The van der Waals surface area contributed by atoms with Crippen molar-refractivity contribution in [2.75, 3.05) is 20.6 Å². The number of amides is 1. The molecule has 2 rings (SSSR count). The average Bonchev–Trinajstić information content (AvgIpc) is 2.68. The van der Waals surface area contributed by atoms with Gasteiger partial charge < -0.3 is 10.2 Å². The Balaban J connectivity index is 2.03. The van der Waals surface area contributed by atoms with Crippen molar-refractivity contribution in [2.45, 2.75) is 46.1 Å². The van der Waals surface area contributed by atoms with Gasteiger partial charge in [-0.15, -0.1) is 0 Å². The van der Waals surface area contributed by atoms with Gasteiger partial charge in [0, 0.05) is 20.1 Å². The number of hydrogen-bond donors (Lipinski definition) is 1. The summed E-state index contributed by atoms with van der Waals surface area (Å²) in [4.78, 5) is 13.3. The van der Waals surface area contributed by atoms with Crippen molar-refractivity contribution in [2.24, 2.45) is 16.7 Å². The third-order valence-electron chi connectivity index (χ3n) is 5.23. The van der Waals surface area contributed by atoms with E-state index >= 15 is 0 Å². The van der Waals surface area contributed by atoms with Crippen molar-refractivity contribution in [1.29, 1.82) is 0 Å². The summed E-state index contributed by atoms with van der Waals surface area (Å²) >= 11 is 0. The number of likely N-dealkylation sites (N-methyl/N-ethyl adjacent to an activating group) is 1. The molecule has 2 aliphatic carbocycles. The Labute approximate surface area is 105 Å². The van der Waals surface area contributed by atoms with Gasteiger partial charge in [0.1, 0.15) is 0 Å². The monoisotopic (exact) mass is 238 g/mol. The molecule has 3 nitrogen and oxygen atoms in total. The van der Waals surface area contributed by atoms with Crippen LogP contribution in [-0.4, -0.2) is 37.5 Å². The molecule has 2 saturated carbocycles. The Morgan fingerprint density at radius 3 is 2.47 bits per heavy atom. The number of hydrogen-bond acceptors (Lipinski definition) is 2. The van der Waals surface area contributed by atoms with Gasteiger partial charge in [-0.1, -0.05) is 20.8 Å². The fourth-order valence-corrected chi connectivity index (χ4v) is 4.16. The second-order valence-corrected chi connectivity index (χ2v) is 7.02. The van der Waals surface area contributed by atoms with E-state index in [-0.39, 0.29) is 5.91 Å². The van der Waals surface area contributed by atoms with E-state index < -0.39 is 0 Å². The number of carbonyl (C=O) groups is 1. The molecule has 1 unspecified atom stereocenters. The third kappa shape index (κ3) is 1.99. The number of fused-ring (bicyclic) bond motifs is 2. The van der Waals surface area contributed by atoms with Crippen molar-refractivity contribution < 1.29 is 4.79 Å². The van der Waals surface area contributed by atoms with Crippen LogP contribution in [0.3, 0.4) is 0 Å². The molecule has 0 aromatic carbocycles. The minimum Gasteiger partial charge on any atom is -0.348 e. The Morgan fingerprint density at radius 2 is 2.00 bits per heavy atom. The molecule has 0 saturated heterocycles. The van der Waals surface area contributed by atoms with E-state index in [1.54, 1.807) is 4.90 Å². The quantitative estimate of drug-likeness (QED) is 0.814. The maximum atomic E-state index is 11.7. The highest BCUT2D eigenvalue weighted by atomic mass is 16.2. The van der Waals surface area contributed by atoms with E-state index in [1.807, 2.05) is 14.1 Å². The lowest BCUT2D eigenvalue weighted by Gasteiger charge is -2.43. The van der Waals surface area contributed by atoms with Crippen molar-refractivity contribution in [3.63, 3.8) is 0 Å². The molecule has 1 amide bonds. The number of nitrogens with zero attached hydrogens (tertiary/aromatic N) is 1. The van der Waals surface area contributed by atoms with E-state index in [0.717, 1.165) is 5.92 Å². The van der Waals surface area contributed by atoms with Crippen LogP contribution in [0.4, 0.5) is 0 Å². The van der Waals surface area contributed by atoms with Gasteiger partial charge in [0.05, 0.1) is 6.54 Å². The summed E-state index contributed by atoms with van der Waals surface area (Å²) in [5.74, 6) is 1.01. The van der Waals surface area contributed by atoms with E-state index in [9.17, 15) is 4.79 Å². The summed E-state index contributed by atoms with van der Waals surface area (Å²) < 4.78 is 0. The SMILES string of the molecule is CN(C)C(=O)CNC1C(C)(C)[C@H]2CC[C@]1(C)C2. The zero-order chi connectivity index (χ0) is 12.8. The van der Waals surface area contributed by atoms with Gasteiger partial charge in [-0.05, 0) is 36.0 Å². The standard InChI is InChI=1S/C14H26N2O/c1-13(2)10-6-7-14(3,8-10)12(13)15-9-11(17)16(4)5/h10,12,15H,6-9H2,1-5H3/t10-,12?,14+/m0/s1. The third-order valence-corrected chi connectivity index (χ3v) is 5.23. The Hall–Kier alpha value is -0.570. The van der Waals surface area contributed by atoms with Gasteiger partial charge in [0.25, 0.3) is 0 Å². The van der Waals surface area contributed by atoms with Crippen LogP contribution in [-0.2, 0) is 4.79 Å². The summed E-state index contributed by atoms with van der Waals surface area (Å²) in [5, 5.41) is 3.53. The predicted octanol–water partition coefficient (Wildman–Crippen LogP) is 1.88. The van der Waals surface area contributed by atoms with Gasteiger partial charge in [-0.25, -0.2) is 0 Å². The van der Waals surface area contributed by atoms with E-state index in [0.29, 0.717) is 23.4 Å². The summed E-state index contributed by atoms with van der Waals surface area (Å²) in [7, 11) is 3.63. The summed E-state index contributed by atoms with van der Waals surface area (Å²) in [6, 6.07) is 0.484. The molecule has 0 aromatic heterocycles. The van der Waals surface area contributed by atoms with E-state index in [4.69, 9.17) is 0 Å². The molecule has 0 aromatic rings. The molecule has 1 N–H and O–H groups in total. The normalized spacial score (nSPS) is 38.4. The molecule has 3 atom stereocenters. The number of rotatable bonds is 3. The van der Waals surface area contributed by atoms with Crippen LogP contribution < -0.4 is 5.32 Å². The molecule has 2 bridgehead atoms. The molecule has 3 heteroatoms. The lowest BCUT2D eigenvalue weighted by atomic mass is 9.68. The first-order chi connectivity index (χ1) is 7.77.